The van der Waals surface area contributed by atoms with Crippen LogP contribution in [0.3, 0.4) is 0 Å². The Labute approximate surface area is 199 Å². The minimum atomic E-state index is -2.07. The van der Waals surface area contributed by atoms with Gasteiger partial charge in [0.1, 0.15) is 35.4 Å². The maximum atomic E-state index is 15.4. The predicted molar refractivity (Wildman–Crippen MR) is 123 cm³/mol. The number of carbonyl (C=O) groups is 1. The summed E-state index contributed by atoms with van der Waals surface area (Å²) >= 11 is 0. The van der Waals surface area contributed by atoms with E-state index in [1.165, 1.54) is 46.3 Å². The number of fused-ring (bicyclic) bond motifs is 2. The highest BCUT2D eigenvalue weighted by Gasteiger charge is 2.44. The van der Waals surface area contributed by atoms with Crippen molar-refractivity contribution in [3.63, 3.8) is 0 Å². The highest BCUT2D eigenvalue weighted by Crippen LogP contribution is 2.35. The van der Waals surface area contributed by atoms with E-state index in [2.05, 4.69) is 0 Å². The second kappa shape index (κ2) is 10.4. The molecule has 2 aliphatic heterocycles. The Bertz CT molecular complexity index is 939. The lowest BCUT2D eigenvalue weighted by Crippen LogP contribution is -2.37. The van der Waals surface area contributed by atoms with E-state index in [9.17, 15) is 9.90 Å². The van der Waals surface area contributed by atoms with Gasteiger partial charge in [0.2, 0.25) is 0 Å². The van der Waals surface area contributed by atoms with Crippen molar-refractivity contribution in [1.29, 1.82) is 0 Å². The number of halogens is 1. The summed E-state index contributed by atoms with van der Waals surface area (Å²) in [4.78, 5) is 13.2. The molecule has 1 saturated heterocycles. The Morgan fingerprint density at radius 3 is 2.62 bits per heavy atom. The third-order valence-corrected chi connectivity index (χ3v) is 5.80. The van der Waals surface area contributed by atoms with Crippen LogP contribution in [0.2, 0.25) is 0 Å². The molecule has 9 heteroatoms. The number of ether oxygens (including phenoxy) is 6. The third kappa shape index (κ3) is 5.96. The van der Waals surface area contributed by atoms with Gasteiger partial charge in [-0.1, -0.05) is 18.2 Å². The number of rotatable bonds is 4. The van der Waals surface area contributed by atoms with E-state index in [0.29, 0.717) is 17.7 Å². The molecule has 34 heavy (non-hydrogen) atoms. The van der Waals surface area contributed by atoms with Crippen LogP contribution < -0.4 is 9.47 Å². The van der Waals surface area contributed by atoms with Crippen LogP contribution in [0, 0.1) is 0 Å². The van der Waals surface area contributed by atoms with E-state index in [1.807, 2.05) is 0 Å². The average Bonchev–Trinajstić information content (AvgIpc) is 3.09. The first-order chi connectivity index (χ1) is 16.0. The quantitative estimate of drug-likeness (QED) is 0.395. The number of alkyl halides is 1. The van der Waals surface area contributed by atoms with Gasteiger partial charge in [0.25, 0.3) is 0 Å². The van der Waals surface area contributed by atoms with Crippen LogP contribution in [0.1, 0.15) is 50.0 Å². The summed E-state index contributed by atoms with van der Waals surface area (Å²) in [5.74, 6) is -1.06. The van der Waals surface area contributed by atoms with E-state index >= 15 is 4.39 Å². The molecule has 1 aromatic carbocycles. The average molecular weight is 481 g/mol. The van der Waals surface area contributed by atoms with Gasteiger partial charge in [-0.05, 0) is 51.8 Å². The molecule has 5 atom stereocenters. The molecule has 0 saturated carbocycles. The number of carbonyl (C=O) groups excluding carboxylic acids is 1. The van der Waals surface area contributed by atoms with E-state index in [0.717, 1.165) is 0 Å². The molecule has 0 aliphatic carbocycles. The first kappa shape index (κ1) is 26.2. The van der Waals surface area contributed by atoms with Gasteiger partial charge < -0.3 is 33.5 Å². The van der Waals surface area contributed by atoms with Crippen molar-refractivity contribution < 1.29 is 42.7 Å². The number of hydrogen-bond acceptors (Lipinski definition) is 8. The summed E-state index contributed by atoms with van der Waals surface area (Å²) < 4.78 is 48.7. The molecular formula is C25H33FO8. The van der Waals surface area contributed by atoms with Gasteiger partial charge in [-0.25, -0.2) is 9.18 Å². The highest BCUT2D eigenvalue weighted by atomic mass is 19.1. The van der Waals surface area contributed by atoms with Gasteiger partial charge in [0.05, 0.1) is 13.2 Å². The number of hydrogen-bond donors (Lipinski definition) is 1. The number of methoxy groups -OCH3 is 2. The Balaban J connectivity index is 2.10. The lowest BCUT2D eigenvalue weighted by atomic mass is 9.97. The van der Waals surface area contributed by atoms with Crippen molar-refractivity contribution in [3.05, 3.63) is 41.5 Å². The van der Waals surface area contributed by atoms with Crippen molar-refractivity contribution >= 4 is 12.0 Å². The number of aliphatic hydroxyl groups excluding tert-OH is 1. The van der Waals surface area contributed by atoms with Gasteiger partial charge in [-0.15, -0.1) is 0 Å². The van der Waals surface area contributed by atoms with Crippen molar-refractivity contribution in [2.45, 2.75) is 70.0 Å². The highest BCUT2D eigenvalue weighted by molar-refractivity contribution is 5.97. The van der Waals surface area contributed by atoms with Gasteiger partial charge in [-0.3, -0.25) is 0 Å². The lowest BCUT2D eigenvalue weighted by Gasteiger charge is -2.26. The molecule has 2 heterocycles. The fourth-order valence-corrected chi connectivity index (χ4v) is 3.85. The standard InChI is InChI=1S/C25H33FO8/c1-15-25(4,26)11-10-18(27)22-19(33-24(2,3)34-22)9-7-8-16-12-17(30-6)13-20(31-14-29-5)21(16)23(28)32-15/h7-8,10-13,15,18-19,22,27H,9,14H2,1-6H3/b8-7?,11-10-/t15?,18?,19-,22+,25?/m0/s1. The zero-order valence-electron chi connectivity index (χ0n) is 20.4. The van der Waals surface area contributed by atoms with Crippen molar-refractivity contribution in [1.82, 2.24) is 0 Å². The molecular weight excluding hydrogens is 447 g/mol. The summed E-state index contributed by atoms with van der Waals surface area (Å²) in [5.41, 5.74) is -1.51. The molecule has 1 N–H and O–H groups in total. The number of aliphatic hydroxyl groups is 1. The largest absolute Gasteiger partial charge is 0.497 e. The molecule has 1 fully saturated rings. The molecule has 3 rings (SSSR count). The van der Waals surface area contributed by atoms with Crippen LogP contribution in [0.15, 0.2) is 30.4 Å². The molecule has 0 aromatic heterocycles. The van der Waals surface area contributed by atoms with Gasteiger partial charge >= 0.3 is 5.97 Å². The molecule has 3 unspecified atom stereocenters. The van der Waals surface area contributed by atoms with E-state index in [-0.39, 0.29) is 18.1 Å². The van der Waals surface area contributed by atoms with Crippen LogP contribution in [-0.4, -0.2) is 68.0 Å². The number of esters is 1. The monoisotopic (exact) mass is 480 g/mol. The van der Waals surface area contributed by atoms with Crippen LogP contribution in [-0.2, 0) is 18.9 Å². The maximum Gasteiger partial charge on any atom is 0.342 e. The molecule has 188 valence electrons. The summed E-state index contributed by atoms with van der Waals surface area (Å²) in [5, 5.41) is 10.7. The molecule has 8 nitrogen and oxygen atoms in total. The Morgan fingerprint density at radius 1 is 1.21 bits per heavy atom. The van der Waals surface area contributed by atoms with Crippen LogP contribution in [0.4, 0.5) is 4.39 Å². The summed E-state index contributed by atoms with van der Waals surface area (Å²) in [6, 6.07) is 3.19. The van der Waals surface area contributed by atoms with Crippen molar-refractivity contribution in [2.75, 3.05) is 21.0 Å². The first-order valence-electron chi connectivity index (χ1n) is 11.1. The smallest absolute Gasteiger partial charge is 0.342 e. The Kier molecular flexibility index (Phi) is 8.02. The third-order valence-electron chi connectivity index (χ3n) is 5.80. The number of benzene rings is 1. The molecule has 0 spiro atoms. The van der Waals surface area contributed by atoms with Crippen molar-refractivity contribution in [2.24, 2.45) is 0 Å². The Hall–Kier alpha value is -2.46. The zero-order chi connectivity index (χ0) is 25.1. The van der Waals surface area contributed by atoms with E-state index < -0.39 is 41.8 Å². The first-order valence-corrected chi connectivity index (χ1v) is 11.1. The van der Waals surface area contributed by atoms with Gasteiger partial charge in [0.15, 0.2) is 18.2 Å². The topological polar surface area (TPSA) is 92.7 Å². The zero-order valence-corrected chi connectivity index (χ0v) is 20.4. The lowest BCUT2D eigenvalue weighted by molar-refractivity contribution is -0.152. The predicted octanol–water partition coefficient (Wildman–Crippen LogP) is 3.81. The van der Waals surface area contributed by atoms with Crippen LogP contribution in [0.5, 0.6) is 11.5 Å². The Morgan fingerprint density at radius 2 is 1.94 bits per heavy atom. The number of cyclic esters (lactones) is 1. The maximum absolute atomic E-state index is 15.4. The van der Waals surface area contributed by atoms with Crippen molar-refractivity contribution in [3.8, 4) is 11.5 Å². The molecule has 0 bridgehead atoms. The minimum absolute atomic E-state index is 0.110. The summed E-state index contributed by atoms with van der Waals surface area (Å²) in [6.07, 6.45) is 2.87. The summed E-state index contributed by atoms with van der Waals surface area (Å²) in [7, 11) is 2.95. The van der Waals surface area contributed by atoms with Gasteiger partial charge in [0, 0.05) is 13.2 Å². The van der Waals surface area contributed by atoms with Crippen LogP contribution >= 0.6 is 0 Å². The fourth-order valence-electron chi connectivity index (χ4n) is 3.85. The van der Waals surface area contributed by atoms with E-state index in [1.54, 1.807) is 32.1 Å². The second-order valence-corrected chi connectivity index (χ2v) is 8.97. The fraction of sp³-hybridized carbons (Fsp3) is 0.560. The normalized spacial score (nSPS) is 32.2. The molecule has 1 aromatic rings. The van der Waals surface area contributed by atoms with Crippen LogP contribution in [0.25, 0.3) is 6.08 Å². The molecule has 0 amide bonds. The van der Waals surface area contributed by atoms with E-state index in [4.69, 9.17) is 28.4 Å². The molecule has 0 radical (unpaired) electrons. The molecule has 2 aliphatic rings. The second-order valence-electron chi connectivity index (χ2n) is 8.97. The summed E-state index contributed by atoms with van der Waals surface area (Å²) in [6.45, 7) is 6.10. The SMILES string of the molecule is COCOc1cc(OC)cc2c1C(=O)OC(C)C(C)(F)/C=C\C(O)[C@H]1OC(C)(C)O[C@H]1CC=C2. The van der Waals surface area contributed by atoms with Gasteiger partial charge in [-0.2, -0.15) is 0 Å². The minimum Gasteiger partial charge on any atom is -0.497 e.